The summed E-state index contributed by atoms with van der Waals surface area (Å²) in [5, 5.41) is 9.42. The van der Waals surface area contributed by atoms with Gasteiger partial charge in [-0.15, -0.1) is 11.8 Å². The van der Waals surface area contributed by atoms with Gasteiger partial charge in [0.05, 0.1) is 11.4 Å². The second-order valence-electron chi connectivity index (χ2n) is 3.86. The highest BCUT2D eigenvalue weighted by atomic mass is 35.5. The van der Waals surface area contributed by atoms with Crippen molar-refractivity contribution in [1.82, 2.24) is 0 Å². The SMILES string of the molecule is CC(C)(CC(=O)O)Sc1ccccc1Cl. The maximum absolute atomic E-state index is 10.6. The summed E-state index contributed by atoms with van der Waals surface area (Å²) in [6, 6.07) is 7.46. The Morgan fingerprint density at radius 1 is 1.47 bits per heavy atom. The Morgan fingerprint density at radius 2 is 2.07 bits per heavy atom. The topological polar surface area (TPSA) is 37.3 Å². The molecule has 0 fully saturated rings. The summed E-state index contributed by atoms with van der Waals surface area (Å²) in [5.41, 5.74) is 0. The third-order valence-electron chi connectivity index (χ3n) is 1.80. The zero-order valence-corrected chi connectivity index (χ0v) is 10.2. The monoisotopic (exact) mass is 244 g/mol. The fourth-order valence-electron chi connectivity index (χ4n) is 1.23. The highest BCUT2D eigenvalue weighted by molar-refractivity contribution is 8.00. The molecule has 2 nitrogen and oxygen atoms in total. The van der Waals surface area contributed by atoms with Crippen molar-refractivity contribution in [3.8, 4) is 0 Å². The lowest BCUT2D eigenvalue weighted by Crippen LogP contribution is -2.19. The lowest BCUT2D eigenvalue weighted by atomic mass is 10.1. The van der Waals surface area contributed by atoms with Crippen LogP contribution in [0.3, 0.4) is 0 Å². The predicted molar refractivity (Wildman–Crippen MR) is 63.6 cm³/mol. The van der Waals surface area contributed by atoms with E-state index in [0.29, 0.717) is 5.02 Å². The Bertz CT molecular complexity index is 363. The molecule has 0 saturated carbocycles. The first-order valence-electron chi connectivity index (χ1n) is 4.56. The summed E-state index contributed by atoms with van der Waals surface area (Å²) in [7, 11) is 0. The highest BCUT2D eigenvalue weighted by Gasteiger charge is 2.23. The number of hydrogen-bond acceptors (Lipinski definition) is 2. The predicted octanol–water partition coefficient (Wildman–Crippen LogP) is 3.69. The molecule has 0 spiro atoms. The number of thioether (sulfide) groups is 1. The zero-order chi connectivity index (χ0) is 11.5. The molecule has 1 N–H and O–H groups in total. The first-order chi connectivity index (χ1) is 6.91. The summed E-state index contributed by atoms with van der Waals surface area (Å²) in [4.78, 5) is 11.6. The van der Waals surface area contributed by atoms with Gasteiger partial charge in [-0.2, -0.15) is 0 Å². The van der Waals surface area contributed by atoms with E-state index < -0.39 is 5.97 Å². The molecule has 1 rings (SSSR count). The summed E-state index contributed by atoms with van der Waals surface area (Å²) in [5.74, 6) is -0.792. The molecule has 4 heteroatoms. The Labute approximate surface area is 98.6 Å². The lowest BCUT2D eigenvalue weighted by Gasteiger charge is -2.22. The summed E-state index contributed by atoms with van der Waals surface area (Å²) in [6.45, 7) is 3.80. The standard InChI is InChI=1S/C11H13ClO2S/c1-11(2,7-10(13)14)15-9-6-4-3-5-8(9)12/h3-6H,7H2,1-2H3,(H,13,14). The van der Waals surface area contributed by atoms with Crippen LogP contribution in [-0.4, -0.2) is 15.8 Å². The minimum Gasteiger partial charge on any atom is -0.481 e. The number of benzene rings is 1. The Morgan fingerprint density at radius 3 is 2.60 bits per heavy atom. The van der Waals surface area contributed by atoms with Crippen LogP contribution in [0.25, 0.3) is 0 Å². The van der Waals surface area contributed by atoms with Gasteiger partial charge in [-0.05, 0) is 26.0 Å². The van der Waals surface area contributed by atoms with Gasteiger partial charge in [0, 0.05) is 9.64 Å². The van der Waals surface area contributed by atoms with Gasteiger partial charge in [-0.1, -0.05) is 23.7 Å². The Hall–Kier alpha value is -0.670. The minimum absolute atomic E-state index is 0.114. The number of carboxylic acid groups (broad SMARTS) is 1. The van der Waals surface area contributed by atoms with Crippen LogP contribution in [-0.2, 0) is 4.79 Å². The van der Waals surface area contributed by atoms with Crippen LogP contribution in [0.1, 0.15) is 20.3 Å². The van der Waals surface area contributed by atoms with Gasteiger partial charge in [-0.3, -0.25) is 4.79 Å². The van der Waals surface area contributed by atoms with Crippen molar-refractivity contribution in [2.45, 2.75) is 29.9 Å². The lowest BCUT2D eigenvalue weighted by molar-refractivity contribution is -0.137. The van der Waals surface area contributed by atoms with E-state index in [1.165, 1.54) is 11.8 Å². The van der Waals surface area contributed by atoms with Gasteiger partial charge in [0.2, 0.25) is 0 Å². The Balaban J connectivity index is 2.77. The van der Waals surface area contributed by atoms with E-state index in [2.05, 4.69) is 0 Å². The summed E-state index contributed by atoms with van der Waals surface area (Å²) in [6.07, 6.45) is 0.114. The summed E-state index contributed by atoms with van der Waals surface area (Å²) >= 11 is 7.49. The fourth-order valence-corrected chi connectivity index (χ4v) is 2.58. The zero-order valence-electron chi connectivity index (χ0n) is 8.66. The number of hydrogen-bond donors (Lipinski definition) is 1. The normalized spacial score (nSPS) is 11.4. The van der Waals surface area contributed by atoms with Crippen LogP contribution in [0.15, 0.2) is 29.2 Å². The smallest absolute Gasteiger partial charge is 0.304 e. The molecule has 0 atom stereocenters. The van der Waals surface area contributed by atoms with Gasteiger partial charge < -0.3 is 5.11 Å². The van der Waals surface area contributed by atoms with E-state index in [-0.39, 0.29) is 11.2 Å². The molecule has 0 aliphatic heterocycles. The van der Waals surface area contributed by atoms with Crippen molar-refractivity contribution in [2.75, 3.05) is 0 Å². The van der Waals surface area contributed by atoms with E-state index in [1.807, 2.05) is 32.0 Å². The van der Waals surface area contributed by atoms with E-state index in [1.54, 1.807) is 6.07 Å². The van der Waals surface area contributed by atoms with Crippen LogP contribution in [0.2, 0.25) is 5.02 Å². The van der Waals surface area contributed by atoms with E-state index in [0.717, 1.165) is 4.90 Å². The van der Waals surface area contributed by atoms with Crippen LogP contribution in [0, 0.1) is 0 Å². The molecule has 0 saturated heterocycles. The molecule has 82 valence electrons. The number of halogens is 1. The molecule has 0 bridgehead atoms. The molecule has 0 amide bonds. The molecule has 0 unspecified atom stereocenters. The Kier molecular flexibility index (Phi) is 4.05. The molecule has 0 aromatic heterocycles. The van der Waals surface area contributed by atoms with E-state index >= 15 is 0 Å². The van der Waals surface area contributed by atoms with Gasteiger partial charge >= 0.3 is 5.97 Å². The van der Waals surface area contributed by atoms with E-state index in [9.17, 15) is 4.79 Å². The average molecular weight is 245 g/mol. The van der Waals surface area contributed by atoms with Crippen molar-refractivity contribution in [1.29, 1.82) is 0 Å². The van der Waals surface area contributed by atoms with Crippen molar-refractivity contribution in [2.24, 2.45) is 0 Å². The van der Waals surface area contributed by atoms with Crippen molar-refractivity contribution in [3.63, 3.8) is 0 Å². The molecule has 0 radical (unpaired) electrons. The molecule has 0 aliphatic rings. The molecular formula is C11H13ClO2S. The van der Waals surface area contributed by atoms with Gasteiger partial charge in [-0.25, -0.2) is 0 Å². The molecule has 15 heavy (non-hydrogen) atoms. The van der Waals surface area contributed by atoms with Gasteiger partial charge in [0.1, 0.15) is 0 Å². The van der Waals surface area contributed by atoms with Crippen molar-refractivity contribution >= 4 is 29.3 Å². The van der Waals surface area contributed by atoms with Crippen molar-refractivity contribution < 1.29 is 9.90 Å². The summed E-state index contributed by atoms with van der Waals surface area (Å²) < 4.78 is -0.350. The minimum atomic E-state index is -0.792. The number of aliphatic carboxylic acids is 1. The average Bonchev–Trinajstić information content (AvgIpc) is 2.06. The molecular weight excluding hydrogens is 232 g/mol. The maximum atomic E-state index is 10.6. The van der Waals surface area contributed by atoms with Crippen LogP contribution in [0.5, 0.6) is 0 Å². The van der Waals surface area contributed by atoms with Gasteiger partial charge in [0.15, 0.2) is 0 Å². The first kappa shape index (κ1) is 12.4. The first-order valence-corrected chi connectivity index (χ1v) is 5.75. The van der Waals surface area contributed by atoms with Crippen LogP contribution < -0.4 is 0 Å². The number of carbonyl (C=O) groups is 1. The third-order valence-corrected chi connectivity index (χ3v) is 3.51. The molecule has 1 aromatic rings. The van der Waals surface area contributed by atoms with Crippen LogP contribution in [0.4, 0.5) is 0 Å². The largest absolute Gasteiger partial charge is 0.481 e. The van der Waals surface area contributed by atoms with Gasteiger partial charge in [0.25, 0.3) is 0 Å². The quantitative estimate of drug-likeness (QED) is 0.821. The van der Waals surface area contributed by atoms with Crippen molar-refractivity contribution in [3.05, 3.63) is 29.3 Å². The third kappa shape index (κ3) is 4.14. The second-order valence-corrected chi connectivity index (χ2v) is 6.02. The fraction of sp³-hybridized carbons (Fsp3) is 0.364. The second kappa shape index (κ2) is 4.90. The molecule has 1 aromatic carbocycles. The van der Waals surface area contributed by atoms with Crippen LogP contribution >= 0.6 is 23.4 Å². The number of carboxylic acids is 1. The maximum Gasteiger partial charge on any atom is 0.304 e. The highest BCUT2D eigenvalue weighted by Crippen LogP contribution is 2.38. The number of rotatable bonds is 4. The molecule has 0 aliphatic carbocycles. The van der Waals surface area contributed by atoms with E-state index in [4.69, 9.17) is 16.7 Å². The molecule has 0 heterocycles.